The predicted octanol–water partition coefficient (Wildman–Crippen LogP) is 4.24. The molecule has 42 heavy (non-hydrogen) atoms. The summed E-state index contributed by atoms with van der Waals surface area (Å²) in [5, 5.41) is 10.6. The van der Waals surface area contributed by atoms with E-state index >= 15 is 0 Å². The van der Waals surface area contributed by atoms with Crippen LogP contribution in [0.5, 0.6) is 11.5 Å². The Balaban J connectivity index is 1.47. The van der Waals surface area contributed by atoms with E-state index in [2.05, 4.69) is 11.1 Å². The number of nitrogens with two attached hydrogens (primary N) is 3. The van der Waals surface area contributed by atoms with Crippen LogP contribution < -0.4 is 26.8 Å². The molecule has 1 atom stereocenters. The SMILES string of the molecule is N#Cc1ccc(C(=O)OCc2ccccc2)c(OC2N=C(Cc3ccccc3)C(N)=C(Oc3cccc(N)c3)N2N)c1. The molecule has 0 amide bonds. The highest BCUT2D eigenvalue weighted by Gasteiger charge is 2.32. The predicted molar refractivity (Wildman–Crippen MR) is 157 cm³/mol. The lowest BCUT2D eigenvalue weighted by molar-refractivity contribution is 0.0202. The molecule has 5 rings (SSSR count). The number of ether oxygens (including phenoxy) is 3. The maximum absolute atomic E-state index is 13.1. The Hall–Kier alpha value is -5.79. The van der Waals surface area contributed by atoms with Crippen molar-refractivity contribution in [3.63, 3.8) is 0 Å². The van der Waals surface area contributed by atoms with E-state index in [4.69, 9.17) is 31.5 Å². The summed E-state index contributed by atoms with van der Waals surface area (Å²) in [6.45, 7) is 0.0579. The number of carbonyl (C=O) groups excluding carboxylic acids is 1. The van der Waals surface area contributed by atoms with Crippen LogP contribution in [0.3, 0.4) is 0 Å². The largest absolute Gasteiger partial charge is 0.457 e. The molecule has 1 aliphatic heterocycles. The number of hydrogen-bond acceptors (Lipinski definition) is 10. The first-order chi connectivity index (χ1) is 20.4. The average Bonchev–Trinajstić information content (AvgIpc) is 3.01. The Kier molecular flexibility index (Phi) is 8.32. The molecular weight excluding hydrogens is 532 g/mol. The summed E-state index contributed by atoms with van der Waals surface area (Å²) in [5.74, 6) is 6.36. The number of nitrogen functional groups attached to an aromatic ring is 1. The molecule has 6 N–H and O–H groups in total. The fourth-order valence-corrected chi connectivity index (χ4v) is 4.21. The van der Waals surface area contributed by atoms with Crippen LogP contribution in [0.25, 0.3) is 0 Å². The van der Waals surface area contributed by atoms with Crippen LogP contribution >= 0.6 is 0 Å². The van der Waals surface area contributed by atoms with E-state index in [0.29, 0.717) is 23.6 Å². The number of anilines is 1. The second kappa shape index (κ2) is 12.6. The molecule has 0 saturated heterocycles. The monoisotopic (exact) mass is 560 g/mol. The average molecular weight is 561 g/mol. The number of hydrogen-bond donors (Lipinski definition) is 3. The highest BCUT2D eigenvalue weighted by Crippen LogP contribution is 2.28. The Bertz CT molecular complexity index is 1680. The number of aliphatic imine (C=N–C) groups is 1. The molecule has 10 nitrogen and oxygen atoms in total. The zero-order chi connectivity index (χ0) is 29.5. The molecular formula is C32H28N6O4. The number of benzene rings is 4. The van der Waals surface area contributed by atoms with E-state index in [1.165, 1.54) is 18.2 Å². The lowest BCUT2D eigenvalue weighted by Crippen LogP contribution is -2.49. The minimum absolute atomic E-state index is 0.0548. The van der Waals surface area contributed by atoms with Crippen molar-refractivity contribution in [2.45, 2.75) is 19.4 Å². The van der Waals surface area contributed by atoms with Gasteiger partial charge in [-0.25, -0.2) is 20.6 Å². The number of carbonyl (C=O) groups is 1. The third-order valence-electron chi connectivity index (χ3n) is 6.34. The fourth-order valence-electron chi connectivity index (χ4n) is 4.21. The zero-order valence-corrected chi connectivity index (χ0v) is 22.5. The fraction of sp³-hybridized carbons (Fsp3) is 0.0938. The van der Waals surface area contributed by atoms with Crippen LogP contribution in [0.15, 0.2) is 120 Å². The lowest BCUT2D eigenvalue weighted by atomic mass is 10.1. The van der Waals surface area contributed by atoms with Crippen molar-refractivity contribution >= 4 is 17.4 Å². The lowest BCUT2D eigenvalue weighted by Gasteiger charge is -2.33. The van der Waals surface area contributed by atoms with Crippen molar-refractivity contribution in [2.24, 2.45) is 16.6 Å². The third-order valence-corrected chi connectivity index (χ3v) is 6.34. The topological polar surface area (TPSA) is 162 Å². The van der Waals surface area contributed by atoms with Crippen molar-refractivity contribution in [1.82, 2.24) is 5.01 Å². The molecule has 0 fully saturated rings. The quantitative estimate of drug-likeness (QED) is 0.154. The highest BCUT2D eigenvalue weighted by atomic mass is 16.6. The van der Waals surface area contributed by atoms with Gasteiger partial charge in [-0.3, -0.25) is 0 Å². The third kappa shape index (κ3) is 6.50. The van der Waals surface area contributed by atoms with E-state index < -0.39 is 12.3 Å². The van der Waals surface area contributed by atoms with Crippen LogP contribution in [0.1, 0.15) is 27.0 Å². The first-order valence-corrected chi connectivity index (χ1v) is 13.0. The van der Waals surface area contributed by atoms with E-state index in [9.17, 15) is 10.1 Å². The summed E-state index contributed by atoms with van der Waals surface area (Å²) in [7, 11) is 0. The molecule has 210 valence electrons. The number of allylic oxidation sites excluding steroid dienone is 1. The Morgan fingerprint density at radius 1 is 0.905 bits per heavy atom. The van der Waals surface area contributed by atoms with Crippen molar-refractivity contribution in [2.75, 3.05) is 5.73 Å². The second-order valence-electron chi connectivity index (χ2n) is 9.37. The standard InChI is InChI=1S/C32H28N6O4/c33-19-23-14-15-26(31(39)40-20-22-10-5-2-6-11-22)28(17-23)42-32-37-27(16-21-8-3-1-4-9-21)29(35)30(38(32)36)41-25-13-7-12-24(34)18-25/h1-15,17-18,32H,16,20,34-36H2. The molecule has 0 saturated carbocycles. The minimum Gasteiger partial charge on any atom is -0.457 e. The Morgan fingerprint density at radius 2 is 1.62 bits per heavy atom. The summed E-state index contributed by atoms with van der Waals surface area (Å²) >= 11 is 0. The normalized spacial score (nSPS) is 14.5. The minimum atomic E-state index is -1.21. The molecule has 10 heteroatoms. The van der Waals surface area contributed by atoms with E-state index in [-0.39, 0.29) is 35.1 Å². The van der Waals surface area contributed by atoms with Gasteiger partial charge >= 0.3 is 5.97 Å². The van der Waals surface area contributed by atoms with Gasteiger partial charge in [0.1, 0.15) is 29.4 Å². The van der Waals surface area contributed by atoms with Gasteiger partial charge in [0.25, 0.3) is 6.35 Å². The molecule has 0 spiro atoms. The van der Waals surface area contributed by atoms with Gasteiger partial charge in [0.15, 0.2) is 0 Å². The van der Waals surface area contributed by atoms with Gasteiger partial charge in [0.05, 0.1) is 17.3 Å². The van der Waals surface area contributed by atoms with Crippen LogP contribution in [-0.2, 0) is 17.8 Å². The summed E-state index contributed by atoms with van der Waals surface area (Å²) in [4.78, 5) is 17.8. The van der Waals surface area contributed by atoms with E-state index in [1.54, 1.807) is 24.3 Å². The van der Waals surface area contributed by atoms with Crippen molar-refractivity contribution in [3.05, 3.63) is 137 Å². The molecule has 0 bridgehead atoms. The molecule has 1 unspecified atom stereocenters. The number of nitriles is 1. The number of esters is 1. The summed E-state index contributed by atoms with van der Waals surface area (Å²) < 4.78 is 17.8. The first-order valence-electron chi connectivity index (χ1n) is 13.0. The Morgan fingerprint density at radius 3 is 2.31 bits per heavy atom. The van der Waals surface area contributed by atoms with Crippen molar-refractivity contribution < 1.29 is 19.0 Å². The molecule has 1 aliphatic rings. The Labute approximate surface area is 242 Å². The first kappa shape index (κ1) is 27.8. The van der Waals surface area contributed by atoms with Crippen molar-refractivity contribution in [3.8, 4) is 17.6 Å². The molecule has 0 aliphatic carbocycles. The molecule has 4 aromatic carbocycles. The van der Waals surface area contributed by atoms with Gasteiger partial charge in [-0.05, 0) is 41.5 Å². The van der Waals surface area contributed by atoms with Crippen molar-refractivity contribution in [1.29, 1.82) is 5.26 Å². The van der Waals surface area contributed by atoms with Gasteiger partial charge in [0, 0.05) is 18.2 Å². The van der Waals surface area contributed by atoms with Crippen LogP contribution in [0.2, 0.25) is 0 Å². The maximum atomic E-state index is 13.1. The van der Waals surface area contributed by atoms with Crippen LogP contribution in [-0.4, -0.2) is 23.0 Å². The summed E-state index contributed by atoms with van der Waals surface area (Å²) in [5.41, 5.74) is 15.7. The second-order valence-corrected chi connectivity index (χ2v) is 9.37. The highest BCUT2D eigenvalue weighted by molar-refractivity contribution is 6.01. The molecule has 0 aromatic heterocycles. The molecule has 4 aromatic rings. The summed E-state index contributed by atoms with van der Waals surface area (Å²) in [6.07, 6.45) is -0.851. The van der Waals surface area contributed by atoms with Crippen LogP contribution in [0, 0.1) is 11.3 Å². The molecule has 1 heterocycles. The zero-order valence-electron chi connectivity index (χ0n) is 22.5. The smallest absolute Gasteiger partial charge is 0.342 e. The van der Waals surface area contributed by atoms with E-state index in [0.717, 1.165) is 16.1 Å². The van der Waals surface area contributed by atoms with Gasteiger partial charge in [-0.1, -0.05) is 66.7 Å². The summed E-state index contributed by atoms with van der Waals surface area (Å²) in [6, 6.07) is 32.1. The number of rotatable bonds is 9. The number of hydrazine groups is 1. The molecule has 0 radical (unpaired) electrons. The number of nitrogens with zero attached hydrogens (tertiary/aromatic N) is 3. The van der Waals surface area contributed by atoms with Gasteiger partial charge in [0.2, 0.25) is 5.88 Å². The van der Waals surface area contributed by atoms with Crippen LogP contribution in [0.4, 0.5) is 5.69 Å². The van der Waals surface area contributed by atoms with E-state index in [1.807, 2.05) is 60.7 Å². The van der Waals surface area contributed by atoms with Gasteiger partial charge in [-0.15, -0.1) is 0 Å². The van der Waals surface area contributed by atoms with Gasteiger partial charge < -0.3 is 25.7 Å². The maximum Gasteiger partial charge on any atom is 0.342 e. The van der Waals surface area contributed by atoms with Gasteiger partial charge in [-0.2, -0.15) is 5.26 Å².